The molecule has 0 saturated heterocycles. The molecule has 116 valence electrons. The van der Waals surface area contributed by atoms with E-state index in [1.54, 1.807) is 36.4 Å². The lowest BCUT2D eigenvalue weighted by Gasteiger charge is -2.18. The third kappa shape index (κ3) is 2.57. The molecule has 0 unspecified atom stereocenters. The number of ether oxygens (including phenoxy) is 2. The molecule has 2 N–H and O–H groups in total. The van der Waals surface area contributed by atoms with Crippen LogP contribution in [0.5, 0.6) is 17.4 Å². The van der Waals surface area contributed by atoms with Gasteiger partial charge in [-0.3, -0.25) is 0 Å². The van der Waals surface area contributed by atoms with Gasteiger partial charge in [0.05, 0.1) is 11.2 Å². The lowest BCUT2D eigenvalue weighted by Crippen LogP contribution is -2.15. The summed E-state index contributed by atoms with van der Waals surface area (Å²) in [4.78, 5) is 2.87. The molecule has 0 fully saturated rings. The Bertz CT molecular complexity index is 920. The van der Waals surface area contributed by atoms with Crippen LogP contribution in [-0.4, -0.2) is 23.3 Å². The van der Waals surface area contributed by atoms with Gasteiger partial charge in [-0.1, -0.05) is 17.7 Å². The number of rotatable bonds is 2. The van der Waals surface area contributed by atoms with Gasteiger partial charge in [-0.15, -0.1) is 5.11 Å². The molecule has 0 bridgehead atoms. The van der Waals surface area contributed by atoms with Crippen LogP contribution in [0.25, 0.3) is 10.9 Å². The predicted molar refractivity (Wildman–Crippen MR) is 86.6 cm³/mol. The molecule has 6 nitrogen and oxygen atoms in total. The van der Waals surface area contributed by atoms with Crippen LogP contribution in [0, 0.1) is 0 Å². The molecule has 1 aliphatic rings. The summed E-state index contributed by atoms with van der Waals surface area (Å²) in [5, 5.41) is 19.6. The Morgan fingerprint density at radius 1 is 1.04 bits per heavy atom. The molecular weight excluding hydrogens is 318 g/mol. The second-order valence-corrected chi connectivity index (χ2v) is 5.48. The standard InChI is InChI=1S/C16H12ClN3O3/c17-9-2-1-3-10(6-9)19-20-15-11-7-13-14(23-5-4-22-13)8-12(11)18-16(15)21/h1-3,6-8,18,21H,4-5H2. The summed E-state index contributed by atoms with van der Waals surface area (Å²) in [5.74, 6) is 1.21. The molecule has 2 heterocycles. The number of nitrogens with zero attached hydrogens (tertiary/aromatic N) is 2. The molecule has 7 heteroatoms. The fourth-order valence-electron chi connectivity index (χ4n) is 2.45. The highest BCUT2D eigenvalue weighted by molar-refractivity contribution is 6.30. The van der Waals surface area contributed by atoms with Gasteiger partial charge in [-0.25, -0.2) is 0 Å². The summed E-state index contributed by atoms with van der Waals surface area (Å²) in [6.07, 6.45) is 0. The lowest BCUT2D eigenvalue weighted by atomic mass is 10.2. The van der Waals surface area contributed by atoms with Gasteiger partial charge in [0.1, 0.15) is 13.2 Å². The number of hydrogen-bond acceptors (Lipinski definition) is 5. The maximum Gasteiger partial charge on any atom is 0.218 e. The van der Waals surface area contributed by atoms with Crippen LogP contribution in [0.15, 0.2) is 46.6 Å². The van der Waals surface area contributed by atoms with Crippen molar-refractivity contribution >= 4 is 33.9 Å². The van der Waals surface area contributed by atoms with E-state index in [9.17, 15) is 5.11 Å². The van der Waals surface area contributed by atoms with Crippen LogP contribution >= 0.6 is 11.6 Å². The van der Waals surface area contributed by atoms with Crippen LogP contribution in [0.3, 0.4) is 0 Å². The van der Waals surface area contributed by atoms with Crippen LogP contribution in [0.2, 0.25) is 5.02 Å². The first-order valence-corrected chi connectivity index (χ1v) is 7.40. The van der Waals surface area contributed by atoms with Gasteiger partial charge in [0, 0.05) is 16.5 Å². The van der Waals surface area contributed by atoms with E-state index in [0.29, 0.717) is 52.0 Å². The van der Waals surface area contributed by atoms with Crippen molar-refractivity contribution in [1.82, 2.24) is 4.98 Å². The second kappa shape index (κ2) is 5.48. The van der Waals surface area contributed by atoms with Crippen molar-refractivity contribution in [3.8, 4) is 17.4 Å². The summed E-state index contributed by atoms with van der Waals surface area (Å²) in [6.45, 7) is 1.00. The molecular formula is C16H12ClN3O3. The molecule has 0 amide bonds. The minimum Gasteiger partial charge on any atom is -0.493 e. The van der Waals surface area contributed by atoms with E-state index in [2.05, 4.69) is 15.2 Å². The average Bonchev–Trinajstić information content (AvgIpc) is 2.85. The van der Waals surface area contributed by atoms with E-state index in [0.717, 1.165) is 0 Å². The summed E-state index contributed by atoms with van der Waals surface area (Å²) in [7, 11) is 0. The van der Waals surface area contributed by atoms with Crippen molar-refractivity contribution in [3.05, 3.63) is 41.4 Å². The minimum atomic E-state index is -0.0619. The number of fused-ring (bicyclic) bond motifs is 2. The van der Waals surface area contributed by atoms with Crippen molar-refractivity contribution in [1.29, 1.82) is 0 Å². The smallest absolute Gasteiger partial charge is 0.218 e. The minimum absolute atomic E-state index is 0.0619. The summed E-state index contributed by atoms with van der Waals surface area (Å²) < 4.78 is 11.1. The molecule has 1 aliphatic heterocycles. The molecule has 2 aromatic carbocycles. The second-order valence-electron chi connectivity index (χ2n) is 5.04. The number of H-pyrrole nitrogens is 1. The number of nitrogens with one attached hydrogen (secondary N) is 1. The van der Waals surface area contributed by atoms with Gasteiger partial charge < -0.3 is 19.6 Å². The number of hydrogen-bond donors (Lipinski definition) is 2. The maximum absolute atomic E-state index is 10.1. The fraction of sp³-hybridized carbons (Fsp3) is 0.125. The Hall–Kier alpha value is -2.73. The molecule has 1 aromatic heterocycles. The van der Waals surface area contributed by atoms with Gasteiger partial charge in [0.15, 0.2) is 17.2 Å². The molecule has 4 rings (SSSR count). The van der Waals surface area contributed by atoms with Gasteiger partial charge in [-0.2, -0.15) is 5.11 Å². The number of aromatic amines is 1. The normalized spacial score (nSPS) is 13.8. The van der Waals surface area contributed by atoms with Crippen molar-refractivity contribution in [2.75, 3.05) is 13.2 Å². The molecule has 3 aromatic rings. The quantitative estimate of drug-likeness (QED) is 0.668. The third-order valence-corrected chi connectivity index (χ3v) is 3.72. The zero-order valence-electron chi connectivity index (χ0n) is 11.9. The Balaban J connectivity index is 1.78. The molecule has 23 heavy (non-hydrogen) atoms. The highest BCUT2D eigenvalue weighted by Crippen LogP contribution is 2.42. The van der Waals surface area contributed by atoms with Gasteiger partial charge >= 0.3 is 0 Å². The topological polar surface area (TPSA) is 79.2 Å². The number of aromatic hydroxyl groups is 1. The van der Waals surface area contributed by atoms with E-state index in [1.807, 2.05) is 0 Å². The predicted octanol–water partition coefficient (Wildman–Crippen LogP) is 4.71. The number of benzene rings is 2. The number of aromatic nitrogens is 1. The van der Waals surface area contributed by atoms with Crippen molar-refractivity contribution in [2.24, 2.45) is 10.2 Å². The largest absolute Gasteiger partial charge is 0.493 e. The van der Waals surface area contributed by atoms with E-state index < -0.39 is 0 Å². The van der Waals surface area contributed by atoms with Gasteiger partial charge in [0.25, 0.3) is 0 Å². The van der Waals surface area contributed by atoms with Crippen molar-refractivity contribution in [2.45, 2.75) is 0 Å². The Morgan fingerprint density at radius 3 is 2.61 bits per heavy atom. The Morgan fingerprint density at radius 2 is 1.83 bits per heavy atom. The van der Waals surface area contributed by atoms with Crippen LogP contribution < -0.4 is 9.47 Å². The van der Waals surface area contributed by atoms with Crippen LogP contribution in [-0.2, 0) is 0 Å². The highest BCUT2D eigenvalue weighted by atomic mass is 35.5. The third-order valence-electron chi connectivity index (χ3n) is 3.49. The first-order valence-electron chi connectivity index (χ1n) is 7.02. The van der Waals surface area contributed by atoms with E-state index in [1.165, 1.54) is 0 Å². The molecule has 0 radical (unpaired) electrons. The lowest BCUT2D eigenvalue weighted by molar-refractivity contribution is 0.172. The monoisotopic (exact) mass is 329 g/mol. The highest BCUT2D eigenvalue weighted by Gasteiger charge is 2.18. The molecule has 0 spiro atoms. The molecule has 0 saturated carbocycles. The first-order chi connectivity index (χ1) is 11.2. The zero-order chi connectivity index (χ0) is 15.8. The molecule has 0 aliphatic carbocycles. The average molecular weight is 330 g/mol. The number of halogens is 1. The van der Waals surface area contributed by atoms with Gasteiger partial charge in [0.2, 0.25) is 5.88 Å². The van der Waals surface area contributed by atoms with Crippen LogP contribution in [0.1, 0.15) is 0 Å². The van der Waals surface area contributed by atoms with E-state index in [4.69, 9.17) is 21.1 Å². The van der Waals surface area contributed by atoms with Crippen molar-refractivity contribution in [3.63, 3.8) is 0 Å². The van der Waals surface area contributed by atoms with Gasteiger partial charge in [-0.05, 0) is 24.3 Å². The Kier molecular flexibility index (Phi) is 3.31. The number of azo groups is 1. The molecule has 0 atom stereocenters. The van der Waals surface area contributed by atoms with Crippen molar-refractivity contribution < 1.29 is 14.6 Å². The summed E-state index contributed by atoms with van der Waals surface area (Å²) in [6, 6.07) is 10.6. The Labute approximate surface area is 136 Å². The SMILES string of the molecule is Oc1[nH]c2cc3c(cc2c1N=Nc1cccc(Cl)c1)OCCO3. The van der Waals surface area contributed by atoms with Crippen LogP contribution in [0.4, 0.5) is 11.4 Å². The fourth-order valence-corrected chi connectivity index (χ4v) is 2.63. The van der Waals surface area contributed by atoms with E-state index >= 15 is 0 Å². The summed E-state index contributed by atoms with van der Waals surface area (Å²) >= 11 is 5.92. The summed E-state index contributed by atoms with van der Waals surface area (Å²) in [5.41, 5.74) is 1.65. The first kappa shape index (κ1) is 13.9. The zero-order valence-corrected chi connectivity index (χ0v) is 12.7. The van der Waals surface area contributed by atoms with E-state index in [-0.39, 0.29) is 5.88 Å². The maximum atomic E-state index is 10.1.